The lowest BCUT2D eigenvalue weighted by atomic mass is 10.1. The minimum Gasteiger partial charge on any atom is -0.467 e. The zero-order valence-electron chi connectivity index (χ0n) is 14.1. The molecule has 0 fully saturated rings. The molecule has 5 nitrogen and oxygen atoms in total. The van der Waals surface area contributed by atoms with Gasteiger partial charge in [0.05, 0.1) is 12.0 Å². The van der Waals surface area contributed by atoms with Gasteiger partial charge in [-0.15, -0.1) is 0 Å². The fraction of sp³-hybridized carbons (Fsp3) is 0.263. The molecule has 124 valence electrons. The van der Waals surface area contributed by atoms with E-state index in [4.69, 9.17) is 4.42 Å². The number of amides is 1. The van der Waals surface area contributed by atoms with Gasteiger partial charge >= 0.3 is 0 Å². The molecule has 2 heterocycles. The molecule has 0 aliphatic rings. The first-order valence-electron chi connectivity index (χ1n) is 7.96. The fourth-order valence-corrected chi connectivity index (χ4v) is 2.86. The maximum absolute atomic E-state index is 12.5. The quantitative estimate of drug-likeness (QED) is 0.782. The lowest BCUT2D eigenvalue weighted by molar-refractivity contribution is 0.0947. The van der Waals surface area contributed by atoms with Crippen molar-refractivity contribution in [2.24, 2.45) is 0 Å². The average Bonchev–Trinajstić information content (AvgIpc) is 3.18. The summed E-state index contributed by atoms with van der Waals surface area (Å²) in [6.45, 7) is 6.29. The minimum atomic E-state index is -0.179. The predicted octanol–water partition coefficient (Wildman–Crippen LogP) is 3.42. The van der Waals surface area contributed by atoms with E-state index in [0.717, 1.165) is 22.7 Å². The van der Waals surface area contributed by atoms with Gasteiger partial charge in [0.25, 0.3) is 5.91 Å². The van der Waals surface area contributed by atoms with Crippen molar-refractivity contribution in [3.05, 3.63) is 77.0 Å². The van der Waals surface area contributed by atoms with Crippen molar-refractivity contribution in [2.75, 3.05) is 6.54 Å². The van der Waals surface area contributed by atoms with Crippen LogP contribution in [0, 0.1) is 20.8 Å². The number of carbonyl (C=O) groups excluding carboxylic acids is 1. The predicted molar refractivity (Wildman–Crippen MR) is 92.1 cm³/mol. The molecule has 5 heteroatoms. The Morgan fingerprint density at radius 3 is 2.62 bits per heavy atom. The Balaban J connectivity index is 1.82. The van der Waals surface area contributed by atoms with Crippen LogP contribution in [-0.4, -0.2) is 22.2 Å². The lowest BCUT2D eigenvalue weighted by Crippen LogP contribution is -2.32. The van der Waals surface area contributed by atoms with Crippen molar-refractivity contribution >= 4 is 5.91 Å². The fourth-order valence-electron chi connectivity index (χ4n) is 2.86. The van der Waals surface area contributed by atoms with Crippen molar-refractivity contribution < 1.29 is 9.21 Å². The second kappa shape index (κ2) is 6.74. The highest BCUT2D eigenvalue weighted by atomic mass is 16.3. The number of hydrogen-bond acceptors (Lipinski definition) is 3. The first-order chi connectivity index (χ1) is 11.6. The minimum absolute atomic E-state index is 0.0915. The van der Waals surface area contributed by atoms with Crippen molar-refractivity contribution in [3.8, 4) is 0 Å². The third-order valence-electron chi connectivity index (χ3n) is 4.06. The van der Waals surface area contributed by atoms with E-state index in [0.29, 0.717) is 12.1 Å². The Morgan fingerprint density at radius 1 is 1.21 bits per heavy atom. The number of hydrogen-bond donors (Lipinski definition) is 1. The molecule has 0 bridgehead atoms. The summed E-state index contributed by atoms with van der Waals surface area (Å²) >= 11 is 0. The van der Waals surface area contributed by atoms with Crippen LogP contribution in [0.4, 0.5) is 0 Å². The Morgan fingerprint density at radius 2 is 2.00 bits per heavy atom. The van der Waals surface area contributed by atoms with E-state index < -0.39 is 0 Å². The number of aromatic nitrogens is 2. The van der Waals surface area contributed by atoms with Crippen LogP contribution in [0.5, 0.6) is 0 Å². The van der Waals surface area contributed by atoms with Gasteiger partial charge in [-0.3, -0.25) is 9.48 Å². The topological polar surface area (TPSA) is 60.1 Å². The molecule has 1 amide bonds. The van der Waals surface area contributed by atoms with Gasteiger partial charge in [-0.2, -0.15) is 5.10 Å². The van der Waals surface area contributed by atoms with Gasteiger partial charge in [-0.05, 0) is 50.6 Å². The molecule has 0 spiro atoms. The van der Waals surface area contributed by atoms with Crippen LogP contribution in [0.25, 0.3) is 0 Å². The van der Waals surface area contributed by atoms with Gasteiger partial charge in [0.15, 0.2) is 0 Å². The number of furan rings is 1. The molecular formula is C19H21N3O2. The van der Waals surface area contributed by atoms with E-state index in [9.17, 15) is 4.79 Å². The Labute approximate surface area is 141 Å². The summed E-state index contributed by atoms with van der Waals surface area (Å²) in [4.78, 5) is 12.5. The highest BCUT2D eigenvalue weighted by Crippen LogP contribution is 2.20. The van der Waals surface area contributed by atoms with E-state index in [1.54, 1.807) is 6.26 Å². The Kier molecular flexibility index (Phi) is 4.51. The SMILES string of the molecule is Cc1cc(C)n(C(CNC(=O)c2ccccc2C)c2ccco2)n1. The number of carbonyl (C=O) groups is 1. The molecular weight excluding hydrogens is 302 g/mol. The highest BCUT2D eigenvalue weighted by molar-refractivity contribution is 5.95. The van der Waals surface area contributed by atoms with Crippen LogP contribution in [0.2, 0.25) is 0 Å². The van der Waals surface area contributed by atoms with Crippen LogP contribution in [-0.2, 0) is 0 Å². The molecule has 1 unspecified atom stereocenters. The molecule has 0 radical (unpaired) electrons. The van der Waals surface area contributed by atoms with Crippen molar-refractivity contribution in [1.82, 2.24) is 15.1 Å². The number of aryl methyl sites for hydroxylation is 3. The van der Waals surface area contributed by atoms with Crippen LogP contribution >= 0.6 is 0 Å². The van der Waals surface area contributed by atoms with E-state index in [1.807, 2.05) is 67.9 Å². The first-order valence-corrected chi connectivity index (χ1v) is 7.96. The zero-order chi connectivity index (χ0) is 17.1. The molecule has 1 N–H and O–H groups in total. The summed E-state index contributed by atoms with van der Waals surface area (Å²) in [7, 11) is 0. The standard InChI is InChI=1S/C19H21N3O2/c1-13-7-4-5-8-16(13)19(23)20-12-17(18-9-6-10-24-18)22-15(3)11-14(2)21-22/h4-11,17H,12H2,1-3H3,(H,20,23). The summed E-state index contributed by atoms with van der Waals surface area (Å²) in [5.74, 6) is 0.678. The van der Waals surface area contributed by atoms with Gasteiger partial charge in [-0.1, -0.05) is 18.2 Å². The number of nitrogens with zero attached hydrogens (tertiary/aromatic N) is 2. The van der Waals surface area contributed by atoms with E-state index in [-0.39, 0.29) is 11.9 Å². The Bertz CT molecular complexity index is 834. The molecule has 1 aromatic carbocycles. The highest BCUT2D eigenvalue weighted by Gasteiger charge is 2.21. The number of benzene rings is 1. The molecule has 2 aromatic heterocycles. The molecule has 3 aromatic rings. The van der Waals surface area contributed by atoms with Gasteiger partial charge in [0.2, 0.25) is 0 Å². The monoisotopic (exact) mass is 323 g/mol. The molecule has 0 saturated heterocycles. The van der Waals surface area contributed by atoms with Crippen molar-refractivity contribution in [1.29, 1.82) is 0 Å². The third kappa shape index (κ3) is 3.25. The van der Waals surface area contributed by atoms with Crippen LogP contribution < -0.4 is 5.32 Å². The van der Waals surface area contributed by atoms with Crippen LogP contribution in [0.3, 0.4) is 0 Å². The second-order valence-electron chi connectivity index (χ2n) is 5.93. The van der Waals surface area contributed by atoms with Gasteiger partial charge in [0, 0.05) is 17.8 Å². The van der Waals surface area contributed by atoms with Crippen LogP contribution in [0.15, 0.2) is 53.1 Å². The molecule has 0 aliphatic carbocycles. The van der Waals surface area contributed by atoms with E-state index in [1.165, 1.54) is 0 Å². The number of nitrogens with one attached hydrogen (secondary N) is 1. The molecule has 24 heavy (non-hydrogen) atoms. The summed E-state index contributed by atoms with van der Waals surface area (Å²) in [6.07, 6.45) is 1.64. The summed E-state index contributed by atoms with van der Waals surface area (Å²) in [5.41, 5.74) is 3.60. The number of rotatable bonds is 5. The van der Waals surface area contributed by atoms with Gasteiger partial charge < -0.3 is 9.73 Å². The molecule has 0 saturated carbocycles. The largest absolute Gasteiger partial charge is 0.467 e. The zero-order valence-corrected chi connectivity index (χ0v) is 14.1. The Hall–Kier alpha value is -2.82. The maximum Gasteiger partial charge on any atom is 0.251 e. The van der Waals surface area contributed by atoms with E-state index in [2.05, 4.69) is 10.4 Å². The van der Waals surface area contributed by atoms with Crippen molar-refractivity contribution in [3.63, 3.8) is 0 Å². The first kappa shape index (κ1) is 16.1. The molecule has 3 rings (SSSR count). The smallest absolute Gasteiger partial charge is 0.251 e. The summed E-state index contributed by atoms with van der Waals surface area (Å²) in [6, 6.07) is 13.1. The van der Waals surface area contributed by atoms with Gasteiger partial charge in [0.1, 0.15) is 11.8 Å². The normalized spacial score (nSPS) is 12.1. The lowest BCUT2D eigenvalue weighted by Gasteiger charge is -2.18. The second-order valence-corrected chi connectivity index (χ2v) is 5.93. The summed E-state index contributed by atoms with van der Waals surface area (Å²) in [5, 5.41) is 7.54. The third-order valence-corrected chi connectivity index (χ3v) is 4.06. The molecule has 0 aliphatic heterocycles. The molecule has 1 atom stereocenters. The average molecular weight is 323 g/mol. The van der Waals surface area contributed by atoms with Gasteiger partial charge in [-0.25, -0.2) is 0 Å². The summed E-state index contributed by atoms with van der Waals surface area (Å²) < 4.78 is 7.46. The van der Waals surface area contributed by atoms with Crippen LogP contribution in [0.1, 0.15) is 39.1 Å². The van der Waals surface area contributed by atoms with Crippen molar-refractivity contribution in [2.45, 2.75) is 26.8 Å². The van der Waals surface area contributed by atoms with E-state index >= 15 is 0 Å². The maximum atomic E-state index is 12.5.